The zero-order chi connectivity index (χ0) is 27.9. The Morgan fingerprint density at radius 3 is 1.49 bits per heavy atom. The van der Waals surface area contributed by atoms with Crippen molar-refractivity contribution in [3.63, 3.8) is 0 Å². The third kappa shape index (κ3) is 17.7. The maximum atomic E-state index is 12.7. The third-order valence-electron chi connectivity index (χ3n) is 5.69. The number of hydrogen-bond donors (Lipinski definition) is 8. The molecule has 0 rings (SSSR count). The molecule has 0 bridgehead atoms. The fourth-order valence-electron chi connectivity index (χ4n) is 3.51. The Bertz CT molecular complexity index is 650. The molecule has 9 N–H and O–H groups in total. The van der Waals surface area contributed by atoms with Gasteiger partial charge in [0.1, 0.15) is 6.04 Å². The quantitative estimate of drug-likeness (QED) is 0.0581. The van der Waals surface area contributed by atoms with Crippen LogP contribution in [0.5, 0.6) is 0 Å². The highest BCUT2D eigenvalue weighted by Crippen LogP contribution is 2.06. The molecule has 37 heavy (non-hydrogen) atoms. The summed E-state index contributed by atoms with van der Waals surface area (Å²) in [7, 11) is 21.5. The molecule has 12 nitrogen and oxygen atoms in total. The van der Waals surface area contributed by atoms with E-state index in [1.54, 1.807) is 0 Å². The van der Waals surface area contributed by atoms with Gasteiger partial charge >= 0.3 is 0 Å². The Balaban J connectivity index is 4.73. The molecule has 0 aromatic heterocycles. The zero-order valence-corrected chi connectivity index (χ0v) is 21.7. The summed E-state index contributed by atoms with van der Waals surface area (Å²) >= 11 is 0. The standard InChI is InChI=1S/C25H44N8O4/c1-27-15-8-5-11-19(29-3)23(35)31-17-10-7-13-21(24(36)32-18-14-22(26)34)33-25(37)20(30-4)12-6-9-16-28-2/h1-4,19-21,27-30H,5-18H2,(H2,26,34)(H,31,35)(H,32,36)(H,33,37)/t19-,20-,21-/m0/s1. The van der Waals surface area contributed by atoms with Gasteiger partial charge in [-0.15, -0.1) is 0 Å². The minimum Gasteiger partial charge on any atom is -0.370 e. The molecule has 0 spiro atoms. The molecule has 0 unspecified atom stereocenters. The topological polar surface area (TPSA) is 179 Å². The van der Waals surface area contributed by atoms with Crippen molar-refractivity contribution in [1.82, 2.24) is 37.2 Å². The summed E-state index contributed by atoms with van der Waals surface area (Å²) in [5, 5.41) is 18.3. The summed E-state index contributed by atoms with van der Waals surface area (Å²) in [5.74, 6) is -1.59. The highest BCUT2D eigenvalue weighted by atomic mass is 16.2. The van der Waals surface area contributed by atoms with E-state index in [0.717, 1.165) is 19.3 Å². The lowest BCUT2D eigenvalue weighted by molar-refractivity contribution is -0.130. The van der Waals surface area contributed by atoms with E-state index in [-0.39, 0.29) is 18.9 Å². The first-order valence-corrected chi connectivity index (χ1v) is 12.7. The molecule has 4 amide bonds. The van der Waals surface area contributed by atoms with Gasteiger partial charge in [-0.3, -0.25) is 29.8 Å². The van der Waals surface area contributed by atoms with Crippen molar-refractivity contribution < 1.29 is 19.2 Å². The largest absolute Gasteiger partial charge is 0.370 e. The third-order valence-corrected chi connectivity index (χ3v) is 5.69. The van der Waals surface area contributed by atoms with Crippen LogP contribution in [-0.4, -0.2) is 67.9 Å². The molecule has 0 fully saturated rings. The number of amides is 4. The number of unbranched alkanes of at least 4 members (excludes halogenated alkanes) is 3. The number of rotatable bonds is 24. The number of carbonyl (C=O) groups is 4. The predicted octanol–water partition coefficient (Wildman–Crippen LogP) is -1.14. The highest BCUT2D eigenvalue weighted by Gasteiger charge is 2.24. The minimum absolute atomic E-state index is 0.0142. The lowest BCUT2D eigenvalue weighted by Crippen LogP contribution is -2.52. The van der Waals surface area contributed by atoms with Gasteiger partial charge in [-0.05, 0) is 58.0 Å². The second kappa shape index (κ2) is 22.9. The first kappa shape index (κ1) is 34.7. The lowest BCUT2D eigenvalue weighted by atomic mass is 10.1. The van der Waals surface area contributed by atoms with Gasteiger partial charge in [0.15, 0.2) is 0 Å². The smallest absolute Gasteiger partial charge is 0.242 e. The second-order valence-corrected chi connectivity index (χ2v) is 8.69. The molecule has 0 saturated heterocycles. The SMILES string of the molecule is [CH]NCCCC[C@H](N[CH])C(=O)NCCCC[C@H](NC(=O)[C@H](CCCCN[CH])N[CH])C(=O)NCCC(N)=O. The van der Waals surface area contributed by atoms with Crippen LogP contribution in [-0.2, 0) is 19.2 Å². The van der Waals surface area contributed by atoms with Crippen LogP contribution in [0.3, 0.4) is 0 Å². The van der Waals surface area contributed by atoms with Crippen LogP contribution < -0.4 is 43.0 Å². The van der Waals surface area contributed by atoms with E-state index in [1.165, 1.54) is 0 Å². The van der Waals surface area contributed by atoms with Crippen molar-refractivity contribution in [2.75, 3.05) is 26.2 Å². The highest BCUT2D eigenvalue weighted by molar-refractivity contribution is 5.90. The molecule has 208 valence electrons. The molecule has 0 aliphatic carbocycles. The van der Waals surface area contributed by atoms with E-state index in [2.05, 4.69) is 37.2 Å². The average Bonchev–Trinajstić information content (AvgIpc) is 2.87. The van der Waals surface area contributed by atoms with Crippen LogP contribution in [0.1, 0.15) is 64.2 Å². The van der Waals surface area contributed by atoms with E-state index in [4.69, 9.17) is 33.9 Å². The van der Waals surface area contributed by atoms with Crippen LogP contribution in [0.15, 0.2) is 0 Å². The molecule has 0 aromatic rings. The van der Waals surface area contributed by atoms with E-state index in [9.17, 15) is 19.2 Å². The van der Waals surface area contributed by atoms with Crippen molar-refractivity contribution in [1.29, 1.82) is 0 Å². The summed E-state index contributed by atoms with van der Waals surface area (Å²) in [4.78, 5) is 48.7. The molecule has 0 aliphatic heterocycles. The first-order valence-electron chi connectivity index (χ1n) is 12.7. The molecule has 0 saturated carbocycles. The van der Waals surface area contributed by atoms with Crippen LogP contribution >= 0.6 is 0 Å². The van der Waals surface area contributed by atoms with E-state index >= 15 is 0 Å². The first-order chi connectivity index (χ1) is 17.8. The summed E-state index contributed by atoms with van der Waals surface area (Å²) in [6.45, 7) is 1.71. The Morgan fingerprint density at radius 1 is 0.568 bits per heavy atom. The number of hydrogen-bond acceptors (Lipinski definition) is 8. The monoisotopic (exact) mass is 520 g/mol. The van der Waals surface area contributed by atoms with Crippen molar-refractivity contribution in [3.8, 4) is 0 Å². The number of nitrogens with two attached hydrogens (primary N) is 1. The van der Waals surface area contributed by atoms with Crippen LogP contribution in [0, 0.1) is 28.2 Å². The molecule has 0 aliphatic rings. The normalized spacial score (nSPS) is 13.4. The number of nitrogens with one attached hydrogen (secondary N) is 7. The molecule has 0 aromatic carbocycles. The van der Waals surface area contributed by atoms with Crippen LogP contribution in [0.25, 0.3) is 0 Å². The van der Waals surface area contributed by atoms with Crippen molar-refractivity contribution in [3.05, 3.63) is 28.2 Å². The van der Waals surface area contributed by atoms with E-state index in [1.807, 2.05) is 0 Å². The summed E-state index contributed by atoms with van der Waals surface area (Å²) in [6, 6.07) is -2.03. The Morgan fingerprint density at radius 2 is 1.00 bits per heavy atom. The zero-order valence-electron chi connectivity index (χ0n) is 21.7. The van der Waals surface area contributed by atoms with E-state index in [0.29, 0.717) is 58.2 Å². The molecular weight excluding hydrogens is 476 g/mol. The van der Waals surface area contributed by atoms with Gasteiger partial charge in [-0.2, -0.15) is 0 Å². The maximum absolute atomic E-state index is 12.7. The summed E-state index contributed by atoms with van der Waals surface area (Å²) in [6.07, 6.45) is 5.52. The van der Waals surface area contributed by atoms with Gasteiger partial charge in [-0.1, -0.05) is 12.8 Å². The molecular formula is C25H44N8O4. The Hall–Kier alpha value is -2.28. The predicted molar refractivity (Wildman–Crippen MR) is 140 cm³/mol. The van der Waals surface area contributed by atoms with Crippen LogP contribution in [0.2, 0.25) is 0 Å². The summed E-state index contributed by atoms with van der Waals surface area (Å²) < 4.78 is 0. The van der Waals surface area contributed by atoms with Gasteiger partial charge in [0.25, 0.3) is 0 Å². The van der Waals surface area contributed by atoms with Gasteiger partial charge < -0.3 is 32.3 Å². The van der Waals surface area contributed by atoms with Crippen molar-refractivity contribution in [2.45, 2.75) is 82.3 Å². The molecule has 0 heterocycles. The molecule has 3 atom stereocenters. The number of primary amides is 1. The lowest BCUT2D eigenvalue weighted by Gasteiger charge is -2.22. The van der Waals surface area contributed by atoms with Crippen molar-refractivity contribution in [2.24, 2.45) is 5.73 Å². The minimum atomic E-state index is -0.841. The summed E-state index contributed by atoms with van der Waals surface area (Å²) in [5.41, 5.74) is 5.12. The molecule has 12 heteroatoms. The van der Waals surface area contributed by atoms with Gasteiger partial charge in [0.2, 0.25) is 23.6 Å². The van der Waals surface area contributed by atoms with E-state index < -0.39 is 35.8 Å². The average molecular weight is 521 g/mol. The fraction of sp³-hybridized carbons (Fsp3) is 0.680. The van der Waals surface area contributed by atoms with Gasteiger partial charge in [-0.25, -0.2) is 0 Å². The van der Waals surface area contributed by atoms with Crippen LogP contribution in [0.4, 0.5) is 0 Å². The van der Waals surface area contributed by atoms with Crippen molar-refractivity contribution >= 4 is 23.6 Å². The Labute approximate surface area is 222 Å². The number of carbonyl (C=O) groups excluding carboxylic acids is 4. The second-order valence-electron chi connectivity index (χ2n) is 8.69. The Kier molecular flexibility index (Phi) is 21.5. The fourth-order valence-corrected chi connectivity index (χ4v) is 3.51. The maximum Gasteiger partial charge on any atom is 0.242 e. The van der Waals surface area contributed by atoms with Gasteiger partial charge in [0, 0.05) is 47.7 Å². The van der Waals surface area contributed by atoms with Gasteiger partial charge in [0.05, 0.1) is 12.1 Å². The molecule has 8 radical (unpaired) electrons.